The molecular weight excluding hydrogens is 366 g/mol. The van der Waals surface area contributed by atoms with Crippen LogP contribution in [0.4, 0.5) is 5.82 Å². The fourth-order valence-electron chi connectivity index (χ4n) is 3.23. The SMILES string of the molecule is COc1cc(N2CCN(C(=O)c3ccc(Cl)c4cccnc34)CC2)ncn1. The van der Waals surface area contributed by atoms with E-state index >= 15 is 0 Å². The highest BCUT2D eigenvalue weighted by Crippen LogP contribution is 2.26. The van der Waals surface area contributed by atoms with Crippen LogP contribution in [0.2, 0.25) is 5.02 Å². The van der Waals surface area contributed by atoms with Crippen molar-refractivity contribution in [1.82, 2.24) is 19.9 Å². The van der Waals surface area contributed by atoms with Crippen LogP contribution >= 0.6 is 11.6 Å². The van der Waals surface area contributed by atoms with Crippen LogP contribution in [-0.2, 0) is 0 Å². The first kappa shape index (κ1) is 17.5. The summed E-state index contributed by atoms with van der Waals surface area (Å²) in [6.07, 6.45) is 3.16. The lowest BCUT2D eigenvalue weighted by Gasteiger charge is -2.35. The Morgan fingerprint density at radius 3 is 2.70 bits per heavy atom. The summed E-state index contributed by atoms with van der Waals surface area (Å²) in [6, 6.07) is 9.00. The molecule has 1 amide bonds. The van der Waals surface area contributed by atoms with Crippen LogP contribution in [-0.4, -0.2) is 59.0 Å². The Hall–Kier alpha value is -2.93. The Labute approximate surface area is 161 Å². The van der Waals surface area contributed by atoms with Crippen LogP contribution in [0.5, 0.6) is 5.88 Å². The summed E-state index contributed by atoms with van der Waals surface area (Å²) >= 11 is 6.24. The minimum Gasteiger partial charge on any atom is -0.481 e. The van der Waals surface area contributed by atoms with Crippen molar-refractivity contribution in [3.63, 3.8) is 0 Å². The minimum atomic E-state index is -0.0321. The zero-order valence-electron chi connectivity index (χ0n) is 14.8. The highest BCUT2D eigenvalue weighted by molar-refractivity contribution is 6.36. The fourth-order valence-corrected chi connectivity index (χ4v) is 3.45. The van der Waals surface area contributed by atoms with E-state index < -0.39 is 0 Å². The maximum absolute atomic E-state index is 13.0. The van der Waals surface area contributed by atoms with Gasteiger partial charge in [-0.2, -0.15) is 0 Å². The molecule has 0 radical (unpaired) electrons. The first-order valence-corrected chi connectivity index (χ1v) is 8.98. The number of hydrogen-bond donors (Lipinski definition) is 0. The summed E-state index contributed by atoms with van der Waals surface area (Å²) in [5.41, 5.74) is 1.21. The molecule has 0 spiro atoms. The van der Waals surface area contributed by atoms with Crippen molar-refractivity contribution in [2.24, 2.45) is 0 Å². The van der Waals surface area contributed by atoms with Gasteiger partial charge in [-0.05, 0) is 24.3 Å². The third-order valence-electron chi connectivity index (χ3n) is 4.67. The molecule has 0 N–H and O–H groups in total. The number of nitrogens with zero attached hydrogens (tertiary/aromatic N) is 5. The molecule has 27 heavy (non-hydrogen) atoms. The first-order chi connectivity index (χ1) is 13.2. The zero-order chi connectivity index (χ0) is 18.8. The number of fused-ring (bicyclic) bond motifs is 1. The molecule has 1 saturated heterocycles. The van der Waals surface area contributed by atoms with E-state index in [0.717, 1.165) is 11.2 Å². The maximum atomic E-state index is 13.0. The standard InChI is InChI=1S/C19H18ClN5O2/c1-27-17-11-16(22-12-23-17)24-7-9-25(10-8-24)19(26)14-4-5-15(20)13-3-2-6-21-18(13)14/h2-6,11-12H,7-10H2,1H3. The topological polar surface area (TPSA) is 71.5 Å². The Kier molecular flexibility index (Phi) is 4.77. The number of carbonyl (C=O) groups is 1. The number of piperazine rings is 1. The van der Waals surface area contributed by atoms with E-state index in [-0.39, 0.29) is 5.91 Å². The lowest BCUT2D eigenvalue weighted by molar-refractivity contribution is 0.0748. The number of hydrogen-bond acceptors (Lipinski definition) is 6. The summed E-state index contributed by atoms with van der Waals surface area (Å²) in [5, 5.41) is 1.38. The van der Waals surface area contributed by atoms with E-state index in [4.69, 9.17) is 16.3 Å². The summed E-state index contributed by atoms with van der Waals surface area (Å²) in [6.45, 7) is 2.57. The van der Waals surface area contributed by atoms with Gasteiger partial charge in [0.05, 0.1) is 23.2 Å². The Balaban J connectivity index is 1.52. The Morgan fingerprint density at radius 2 is 1.93 bits per heavy atom. The maximum Gasteiger partial charge on any atom is 0.256 e. The molecule has 3 aromatic rings. The molecule has 8 heteroatoms. The molecule has 0 bridgehead atoms. The first-order valence-electron chi connectivity index (χ1n) is 8.61. The number of rotatable bonds is 3. The van der Waals surface area contributed by atoms with Gasteiger partial charge in [0.2, 0.25) is 5.88 Å². The third kappa shape index (κ3) is 3.38. The van der Waals surface area contributed by atoms with Gasteiger partial charge in [0.1, 0.15) is 12.1 Å². The molecule has 2 aromatic heterocycles. The molecule has 4 rings (SSSR count). The number of amides is 1. The molecule has 7 nitrogen and oxygen atoms in total. The summed E-state index contributed by atoms with van der Waals surface area (Å²) in [7, 11) is 1.58. The monoisotopic (exact) mass is 383 g/mol. The van der Waals surface area contributed by atoms with E-state index in [2.05, 4.69) is 19.9 Å². The Bertz CT molecular complexity index is 989. The highest BCUT2D eigenvalue weighted by atomic mass is 35.5. The normalized spacial score (nSPS) is 14.4. The fraction of sp³-hybridized carbons (Fsp3) is 0.263. The lowest BCUT2D eigenvalue weighted by atomic mass is 10.1. The average molecular weight is 384 g/mol. The second-order valence-electron chi connectivity index (χ2n) is 6.19. The zero-order valence-corrected chi connectivity index (χ0v) is 15.6. The van der Waals surface area contributed by atoms with Crippen molar-refractivity contribution < 1.29 is 9.53 Å². The number of halogens is 1. The molecule has 0 atom stereocenters. The van der Waals surface area contributed by atoms with Gasteiger partial charge in [-0.15, -0.1) is 0 Å². The second-order valence-corrected chi connectivity index (χ2v) is 6.60. The van der Waals surface area contributed by atoms with Crippen molar-refractivity contribution in [3.8, 4) is 5.88 Å². The second kappa shape index (κ2) is 7.36. The number of aromatic nitrogens is 3. The van der Waals surface area contributed by atoms with Crippen LogP contribution in [0.3, 0.4) is 0 Å². The van der Waals surface area contributed by atoms with E-state index in [0.29, 0.717) is 48.2 Å². The van der Waals surface area contributed by atoms with Crippen molar-refractivity contribution in [2.75, 3.05) is 38.2 Å². The highest BCUT2D eigenvalue weighted by Gasteiger charge is 2.25. The molecule has 0 unspecified atom stereocenters. The molecule has 3 heterocycles. The lowest BCUT2D eigenvalue weighted by Crippen LogP contribution is -2.49. The van der Waals surface area contributed by atoms with E-state index in [1.807, 2.05) is 17.0 Å². The smallest absolute Gasteiger partial charge is 0.256 e. The number of ether oxygens (including phenoxy) is 1. The van der Waals surface area contributed by atoms with Crippen LogP contribution in [0.25, 0.3) is 10.9 Å². The molecule has 0 saturated carbocycles. The average Bonchev–Trinajstić information content (AvgIpc) is 2.74. The van der Waals surface area contributed by atoms with E-state index in [9.17, 15) is 4.79 Å². The van der Waals surface area contributed by atoms with Gasteiger partial charge in [0.15, 0.2) is 0 Å². The van der Waals surface area contributed by atoms with Crippen LogP contribution < -0.4 is 9.64 Å². The molecule has 1 aromatic carbocycles. The molecule has 1 fully saturated rings. The van der Waals surface area contributed by atoms with Crippen molar-refractivity contribution in [2.45, 2.75) is 0 Å². The molecule has 1 aliphatic heterocycles. The van der Waals surface area contributed by atoms with E-state index in [1.165, 1.54) is 6.33 Å². The van der Waals surface area contributed by atoms with Crippen molar-refractivity contribution >= 4 is 34.2 Å². The third-order valence-corrected chi connectivity index (χ3v) is 5.00. The molecule has 0 aliphatic carbocycles. The number of benzene rings is 1. The minimum absolute atomic E-state index is 0.0321. The van der Waals surface area contributed by atoms with Gasteiger partial charge in [-0.1, -0.05) is 11.6 Å². The number of anilines is 1. The largest absolute Gasteiger partial charge is 0.481 e. The van der Waals surface area contributed by atoms with Crippen molar-refractivity contribution in [1.29, 1.82) is 0 Å². The van der Waals surface area contributed by atoms with Crippen LogP contribution in [0.15, 0.2) is 42.9 Å². The van der Waals surface area contributed by atoms with Gasteiger partial charge in [0, 0.05) is 43.8 Å². The number of pyridine rings is 1. The van der Waals surface area contributed by atoms with Gasteiger partial charge in [-0.25, -0.2) is 9.97 Å². The van der Waals surface area contributed by atoms with Crippen molar-refractivity contribution in [3.05, 3.63) is 53.4 Å². The van der Waals surface area contributed by atoms with Gasteiger partial charge in [-0.3, -0.25) is 9.78 Å². The van der Waals surface area contributed by atoms with E-state index in [1.54, 1.807) is 31.5 Å². The quantitative estimate of drug-likeness (QED) is 0.692. The molecular formula is C19H18ClN5O2. The van der Waals surface area contributed by atoms with Crippen LogP contribution in [0.1, 0.15) is 10.4 Å². The summed E-state index contributed by atoms with van der Waals surface area (Å²) in [4.78, 5) is 29.7. The molecule has 138 valence electrons. The Morgan fingerprint density at radius 1 is 1.11 bits per heavy atom. The molecule has 1 aliphatic rings. The predicted octanol–water partition coefficient (Wildman–Crippen LogP) is 2.65. The number of carbonyl (C=O) groups excluding carboxylic acids is 1. The summed E-state index contributed by atoms with van der Waals surface area (Å²) < 4.78 is 5.15. The van der Waals surface area contributed by atoms with Crippen LogP contribution in [0, 0.1) is 0 Å². The van der Waals surface area contributed by atoms with Gasteiger partial charge in [0.25, 0.3) is 5.91 Å². The predicted molar refractivity (Wildman–Crippen MR) is 103 cm³/mol. The number of methoxy groups -OCH3 is 1. The van der Waals surface area contributed by atoms with Gasteiger partial charge >= 0.3 is 0 Å². The summed E-state index contributed by atoms with van der Waals surface area (Å²) in [5.74, 6) is 1.29. The van der Waals surface area contributed by atoms with Gasteiger partial charge < -0.3 is 14.5 Å².